The number of hydrogen-bond donors (Lipinski definition) is 3. The first-order chi connectivity index (χ1) is 8.56. The molecule has 0 aliphatic rings. The average Bonchev–Trinajstić information content (AvgIpc) is 2.34. The largest absolute Gasteiger partial charge is 0.399 e. The molecule has 0 aliphatic heterocycles. The molecule has 0 atom stereocenters. The third-order valence-electron chi connectivity index (χ3n) is 2.43. The van der Waals surface area contributed by atoms with Crippen molar-refractivity contribution in [2.75, 3.05) is 11.1 Å². The third-order valence-corrected chi connectivity index (χ3v) is 2.96. The molecule has 0 unspecified atom stereocenters. The summed E-state index contributed by atoms with van der Waals surface area (Å²) in [5.74, 6) is -0.512. The summed E-state index contributed by atoms with van der Waals surface area (Å²) in [7, 11) is 0. The minimum absolute atomic E-state index is 0.373. The Morgan fingerprint density at radius 3 is 2.39 bits per heavy atom. The molecule has 5 heteroatoms. The number of benzene rings is 2. The Hall–Kier alpha value is -2.01. The van der Waals surface area contributed by atoms with Crippen LogP contribution in [0.4, 0.5) is 17.1 Å². The minimum Gasteiger partial charge on any atom is -0.399 e. The minimum atomic E-state index is -0.512. The lowest BCUT2D eigenvalue weighted by molar-refractivity contribution is 0.100. The van der Waals surface area contributed by atoms with Crippen LogP contribution in [0.25, 0.3) is 0 Å². The summed E-state index contributed by atoms with van der Waals surface area (Å²) < 4.78 is 0.987. The normalized spacial score (nSPS) is 10.1. The molecule has 0 bridgehead atoms. The molecule has 5 N–H and O–H groups in total. The van der Waals surface area contributed by atoms with Gasteiger partial charge in [0.15, 0.2) is 0 Å². The lowest BCUT2D eigenvalue weighted by Gasteiger charge is -2.10. The summed E-state index contributed by atoms with van der Waals surface area (Å²) in [5, 5.41) is 3.13. The monoisotopic (exact) mass is 305 g/mol. The van der Waals surface area contributed by atoms with Gasteiger partial charge in [0.1, 0.15) is 0 Å². The predicted molar refractivity (Wildman–Crippen MR) is 76.8 cm³/mol. The van der Waals surface area contributed by atoms with Crippen LogP contribution in [-0.2, 0) is 0 Å². The molecule has 0 heterocycles. The standard InChI is InChI=1S/C13H12BrN3O/c14-8-1-4-10(5-2-8)17-12-6-3-9(15)7-11(12)13(16)18/h1-7,17H,15H2,(H2,16,18). The number of carbonyl (C=O) groups excluding carboxylic acids is 1. The van der Waals surface area contributed by atoms with E-state index in [1.54, 1.807) is 18.2 Å². The number of carbonyl (C=O) groups is 1. The summed E-state index contributed by atoms with van der Waals surface area (Å²) in [6.07, 6.45) is 0. The van der Waals surface area contributed by atoms with E-state index in [2.05, 4.69) is 21.2 Å². The van der Waals surface area contributed by atoms with Crippen LogP contribution in [0, 0.1) is 0 Å². The van der Waals surface area contributed by atoms with Gasteiger partial charge in [0, 0.05) is 15.8 Å². The van der Waals surface area contributed by atoms with Gasteiger partial charge >= 0.3 is 0 Å². The van der Waals surface area contributed by atoms with Gasteiger partial charge in [-0.1, -0.05) is 15.9 Å². The van der Waals surface area contributed by atoms with E-state index < -0.39 is 5.91 Å². The van der Waals surface area contributed by atoms with Crippen LogP contribution in [-0.4, -0.2) is 5.91 Å². The maximum Gasteiger partial charge on any atom is 0.250 e. The number of rotatable bonds is 3. The highest BCUT2D eigenvalue weighted by atomic mass is 79.9. The average molecular weight is 306 g/mol. The molecule has 0 spiro atoms. The number of nitrogens with two attached hydrogens (primary N) is 2. The Morgan fingerprint density at radius 1 is 1.11 bits per heavy atom. The molecule has 2 aromatic carbocycles. The number of halogens is 1. The van der Waals surface area contributed by atoms with Gasteiger partial charge in [0.2, 0.25) is 0 Å². The van der Waals surface area contributed by atoms with E-state index >= 15 is 0 Å². The first-order valence-corrected chi connectivity index (χ1v) is 6.07. The summed E-state index contributed by atoms with van der Waals surface area (Å²) in [4.78, 5) is 11.3. The molecule has 0 radical (unpaired) electrons. The quantitative estimate of drug-likeness (QED) is 0.763. The van der Waals surface area contributed by atoms with Crippen LogP contribution in [0.15, 0.2) is 46.9 Å². The summed E-state index contributed by atoms with van der Waals surface area (Å²) in [6, 6.07) is 12.6. The van der Waals surface area contributed by atoms with Gasteiger partial charge in [0.05, 0.1) is 11.3 Å². The molecule has 0 saturated heterocycles. The zero-order valence-corrected chi connectivity index (χ0v) is 11.1. The molecule has 2 aromatic rings. The summed E-state index contributed by atoms with van der Waals surface area (Å²) in [6.45, 7) is 0. The van der Waals surface area contributed by atoms with Gasteiger partial charge in [-0.2, -0.15) is 0 Å². The van der Waals surface area contributed by atoms with Crippen molar-refractivity contribution in [1.29, 1.82) is 0 Å². The molecular formula is C13H12BrN3O. The Kier molecular flexibility index (Phi) is 3.53. The molecule has 18 heavy (non-hydrogen) atoms. The van der Waals surface area contributed by atoms with E-state index in [1.165, 1.54) is 0 Å². The van der Waals surface area contributed by atoms with Crippen LogP contribution in [0.3, 0.4) is 0 Å². The molecule has 4 nitrogen and oxygen atoms in total. The second kappa shape index (κ2) is 5.10. The molecule has 0 aromatic heterocycles. The summed E-state index contributed by atoms with van der Waals surface area (Å²) in [5.41, 5.74) is 13.3. The molecule has 1 amide bonds. The van der Waals surface area contributed by atoms with E-state index in [0.29, 0.717) is 16.9 Å². The highest BCUT2D eigenvalue weighted by Gasteiger charge is 2.08. The van der Waals surface area contributed by atoms with E-state index in [4.69, 9.17) is 11.5 Å². The summed E-state index contributed by atoms with van der Waals surface area (Å²) >= 11 is 3.36. The SMILES string of the molecule is NC(=O)c1cc(N)ccc1Nc1ccc(Br)cc1. The van der Waals surface area contributed by atoms with Crippen molar-refractivity contribution < 1.29 is 4.79 Å². The molecular weight excluding hydrogens is 294 g/mol. The molecule has 0 aliphatic carbocycles. The fraction of sp³-hybridized carbons (Fsp3) is 0. The van der Waals surface area contributed by atoms with Gasteiger partial charge in [-0.25, -0.2) is 0 Å². The second-order valence-corrected chi connectivity index (χ2v) is 4.72. The van der Waals surface area contributed by atoms with E-state index in [1.807, 2.05) is 24.3 Å². The molecule has 0 fully saturated rings. The number of nitrogen functional groups attached to an aromatic ring is 1. The van der Waals surface area contributed by atoms with Gasteiger partial charge in [0.25, 0.3) is 5.91 Å². The van der Waals surface area contributed by atoms with Crippen molar-refractivity contribution in [1.82, 2.24) is 0 Å². The van der Waals surface area contributed by atoms with Crippen molar-refractivity contribution >= 4 is 38.9 Å². The maximum atomic E-state index is 11.3. The van der Waals surface area contributed by atoms with E-state index in [-0.39, 0.29) is 0 Å². The zero-order chi connectivity index (χ0) is 13.1. The molecule has 92 valence electrons. The van der Waals surface area contributed by atoms with Crippen LogP contribution < -0.4 is 16.8 Å². The number of amides is 1. The van der Waals surface area contributed by atoms with Crippen molar-refractivity contribution in [2.24, 2.45) is 5.73 Å². The first kappa shape index (κ1) is 12.4. The number of primary amides is 1. The van der Waals surface area contributed by atoms with Crippen LogP contribution in [0.2, 0.25) is 0 Å². The fourth-order valence-electron chi connectivity index (χ4n) is 1.56. The van der Waals surface area contributed by atoms with Crippen molar-refractivity contribution in [3.05, 3.63) is 52.5 Å². The maximum absolute atomic E-state index is 11.3. The van der Waals surface area contributed by atoms with Gasteiger partial charge in [-0.15, -0.1) is 0 Å². The highest BCUT2D eigenvalue weighted by molar-refractivity contribution is 9.10. The lowest BCUT2D eigenvalue weighted by atomic mass is 10.1. The zero-order valence-electron chi connectivity index (χ0n) is 9.48. The third kappa shape index (κ3) is 2.81. The number of hydrogen-bond acceptors (Lipinski definition) is 3. The Labute approximate surface area is 113 Å². The smallest absolute Gasteiger partial charge is 0.250 e. The van der Waals surface area contributed by atoms with Gasteiger partial charge in [-0.05, 0) is 42.5 Å². The highest BCUT2D eigenvalue weighted by Crippen LogP contribution is 2.24. The van der Waals surface area contributed by atoms with Crippen molar-refractivity contribution in [3.63, 3.8) is 0 Å². The lowest BCUT2D eigenvalue weighted by Crippen LogP contribution is -2.13. The topological polar surface area (TPSA) is 81.1 Å². The fourth-order valence-corrected chi connectivity index (χ4v) is 1.83. The van der Waals surface area contributed by atoms with Crippen LogP contribution >= 0.6 is 15.9 Å². The van der Waals surface area contributed by atoms with Crippen molar-refractivity contribution in [3.8, 4) is 0 Å². The van der Waals surface area contributed by atoms with Gasteiger partial charge < -0.3 is 16.8 Å². The van der Waals surface area contributed by atoms with Crippen LogP contribution in [0.5, 0.6) is 0 Å². The number of anilines is 3. The molecule has 2 rings (SSSR count). The van der Waals surface area contributed by atoms with E-state index in [9.17, 15) is 4.79 Å². The Morgan fingerprint density at radius 2 is 1.78 bits per heavy atom. The Balaban J connectivity index is 2.34. The van der Waals surface area contributed by atoms with Gasteiger partial charge in [-0.3, -0.25) is 4.79 Å². The predicted octanol–water partition coefficient (Wildman–Crippen LogP) is 2.87. The Bertz CT molecular complexity index is 581. The molecule has 0 saturated carbocycles. The number of nitrogens with one attached hydrogen (secondary N) is 1. The second-order valence-electron chi connectivity index (χ2n) is 3.80. The van der Waals surface area contributed by atoms with Crippen LogP contribution in [0.1, 0.15) is 10.4 Å². The van der Waals surface area contributed by atoms with Crippen molar-refractivity contribution in [2.45, 2.75) is 0 Å². The van der Waals surface area contributed by atoms with E-state index in [0.717, 1.165) is 10.2 Å². The first-order valence-electron chi connectivity index (χ1n) is 5.28.